The summed E-state index contributed by atoms with van der Waals surface area (Å²) in [6.45, 7) is 12.3. The van der Waals surface area contributed by atoms with Crippen molar-refractivity contribution in [2.24, 2.45) is 0 Å². The molecule has 2 heterocycles. The molecule has 4 rings (SSSR count). The van der Waals surface area contributed by atoms with Crippen molar-refractivity contribution in [3.05, 3.63) is 96.9 Å². The van der Waals surface area contributed by atoms with Crippen LogP contribution in [0.5, 0.6) is 0 Å². The zero-order valence-electron chi connectivity index (χ0n) is 20.9. The van der Waals surface area contributed by atoms with Crippen LogP contribution < -0.4 is 4.90 Å². The van der Waals surface area contributed by atoms with Crippen LogP contribution in [0.1, 0.15) is 21.7 Å². The first-order valence-corrected chi connectivity index (χ1v) is 14.0. The molecule has 0 saturated heterocycles. The summed E-state index contributed by atoms with van der Waals surface area (Å²) in [4.78, 5) is 20.1. The molecule has 37 heavy (non-hydrogen) atoms. The van der Waals surface area contributed by atoms with Crippen molar-refractivity contribution in [3.8, 4) is 0 Å². The third-order valence-electron chi connectivity index (χ3n) is 5.80. The van der Waals surface area contributed by atoms with Crippen molar-refractivity contribution in [2.45, 2.75) is 25.3 Å². The van der Waals surface area contributed by atoms with Gasteiger partial charge in [0.2, 0.25) is 10.0 Å². The number of sulfonamides is 1. The minimum Gasteiger partial charge on any atom is -0.282 e. The highest BCUT2D eigenvalue weighted by Crippen LogP contribution is 2.30. The molecule has 10 heteroatoms. The lowest BCUT2D eigenvalue weighted by Gasteiger charge is -2.21. The van der Waals surface area contributed by atoms with Crippen LogP contribution >= 0.6 is 11.3 Å². The molecule has 0 aliphatic rings. The maximum atomic E-state index is 13.7. The Labute approximate surface area is 221 Å². The normalized spacial score (nSPS) is 11.6. The van der Waals surface area contributed by atoms with Gasteiger partial charge in [-0.2, -0.15) is 9.40 Å². The predicted octanol–water partition coefficient (Wildman–Crippen LogP) is 4.82. The maximum absolute atomic E-state index is 13.7. The first-order chi connectivity index (χ1) is 17.7. The Morgan fingerprint density at radius 1 is 1.05 bits per heavy atom. The van der Waals surface area contributed by atoms with Crippen molar-refractivity contribution in [3.63, 3.8) is 0 Å². The molecular formula is C27H29N5O3S2. The molecule has 192 valence electrons. The van der Waals surface area contributed by atoms with Gasteiger partial charge >= 0.3 is 0 Å². The Hall–Kier alpha value is -3.60. The molecule has 2 aromatic carbocycles. The number of anilines is 1. The number of fused-ring (bicyclic) bond motifs is 1. The summed E-state index contributed by atoms with van der Waals surface area (Å²) in [7, 11) is -3.76. The van der Waals surface area contributed by atoms with Gasteiger partial charge in [-0.25, -0.2) is 13.4 Å². The minimum atomic E-state index is -3.76. The average Bonchev–Trinajstić information content (AvgIpc) is 3.45. The summed E-state index contributed by atoms with van der Waals surface area (Å²) in [5.74, 6) is -0.265. The van der Waals surface area contributed by atoms with Gasteiger partial charge in [0.1, 0.15) is 0 Å². The SMILES string of the molecule is C=CCN(CC=C)S(=O)(=O)c1ccc(C(=O)N(CCn2nc(C)cc2C)c2nc3ccccc3s2)cc1. The van der Waals surface area contributed by atoms with E-state index in [-0.39, 0.29) is 23.9 Å². The zero-order valence-corrected chi connectivity index (χ0v) is 22.5. The van der Waals surface area contributed by atoms with Crippen LogP contribution in [0.25, 0.3) is 10.2 Å². The molecule has 4 aromatic rings. The van der Waals surface area contributed by atoms with Crippen molar-refractivity contribution in [2.75, 3.05) is 24.5 Å². The lowest BCUT2D eigenvalue weighted by molar-refractivity contribution is 0.0985. The number of amides is 1. The van der Waals surface area contributed by atoms with Crippen LogP contribution in [0, 0.1) is 13.8 Å². The van der Waals surface area contributed by atoms with E-state index in [0.717, 1.165) is 21.6 Å². The molecule has 1 amide bonds. The average molecular weight is 536 g/mol. The van der Waals surface area contributed by atoms with E-state index in [1.165, 1.54) is 39.9 Å². The van der Waals surface area contributed by atoms with E-state index < -0.39 is 10.0 Å². The van der Waals surface area contributed by atoms with E-state index in [4.69, 9.17) is 4.98 Å². The molecule has 8 nitrogen and oxygen atoms in total. The van der Waals surface area contributed by atoms with Gasteiger partial charge in [-0.3, -0.25) is 14.4 Å². The Bertz CT molecular complexity index is 1490. The van der Waals surface area contributed by atoms with Crippen LogP contribution in [0.15, 0.2) is 84.8 Å². The maximum Gasteiger partial charge on any atom is 0.260 e. The number of nitrogens with zero attached hydrogens (tertiary/aromatic N) is 5. The number of rotatable bonds is 11. The quantitative estimate of drug-likeness (QED) is 0.257. The van der Waals surface area contributed by atoms with Gasteiger partial charge in [-0.05, 0) is 56.3 Å². The van der Waals surface area contributed by atoms with E-state index in [2.05, 4.69) is 18.3 Å². The second-order valence-electron chi connectivity index (χ2n) is 8.49. The fraction of sp³-hybridized carbons (Fsp3) is 0.222. The standard InChI is InChI=1S/C27H29N5O3S2/c1-5-15-30(16-6-2)37(34,35)23-13-11-22(12-14-23)26(33)31(17-18-32-21(4)19-20(3)29-32)27-28-24-9-7-8-10-25(24)36-27/h5-14,19H,1-2,15-18H2,3-4H3. The fourth-order valence-electron chi connectivity index (χ4n) is 3.99. The van der Waals surface area contributed by atoms with E-state index in [1.54, 1.807) is 17.0 Å². The lowest BCUT2D eigenvalue weighted by Crippen LogP contribution is -2.34. The number of thiazole rings is 1. The Kier molecular flexibility index (Phi) is 8.01. The highest BCUT2D eigenvalue weighted by molar-refractivity contribution is 7.89. The van der Waals surface area contributed by atoms with Crippen LogP contribution in [-0.2, 0) is 16.6 Å². The highest BCUT2D eigenvalue weighted by Gasteiger charge is 2.25. The summed E-state index contributed by atoms with van der Waals surface area (Å²) >= 11 is 1.44. The molecular weight excluding hydrogens is 506 g/mol. The molecule has 0 N–H and O–H groups in total. The smallest absolute Gasteiger partial charge is 0.260 e. The van der Waals surface area contributed by atoms with Crippen molar-refractivity contribution < 1.29 is 13.2 Å². The van der Waals surface area contributed by atoms with Gasteiger partial charge in [0.25, 0.3) is 5.91 Å². The number of hydrogen-bond acceptors (Lipinski definition) is 6. The van der Waals surface area contributed by atoms with E-state index in [0.29, 0.717) is 23.8 Å². The molecule has 0 unspecified atom stereocenters. The molecule has 0 atom stereocenters. The highest BCUT2D eigenvalue weighted by atomic mass is 32.2. The molecule has 0 fully saturated rings. The van der Waals surface area contributed by atoms with E-state index in [9.17, 15) is 13.2 Å². The fourth-order valence-corrected chi connectivity index (χ4v) is 6.36. The predicted molar refractivity (Wildman–Crippen MR) is 149 cm³/mol. The molecule has 0 bridgehead atoms. The van der Waals surface area contributed by atoms with Gasteiger partial charge < -0.3 is 0 Å². The summed E-state index contributed by atoms with van der Waals surface area (Å²) in [6.07, 6.45) is 3.05. The largest absolute Gasteiger partial charge is 0.282 e. The summed E-state index contributed by atoms with van der Waals surface area (Å²) in [5, 5.41) is 5.09. The summed E-state index contributed by atoms with van der Waals surface area (Å²) < 4.78 is 30.2. The molecule has 0 radical (unpaired) electrons. The number of benzene rings is 2. The van der Waals surface area contributed by atoms with Crippen molar-refractivity contribution in [1.82, 2.24) is 19.1 Å². The second-order valence-corrected chi connectivity index (χ2v) is 11.4. The second kappa shape index (κ2) is 11.2. The molecule has 2 aromatic heterocycles. The molecule has 0 aliphatic heterocycles. The van der Waals surface area contributed by atoms with Crippen molar-refractivity contribution in [1.29, 1.82) is 0 Å². The first kappa shape index (κ1) is 26.5. The van der Waals surface area contributed by atoms with Gasteiger partial charge in [-0.1, -0.05) is 35.6 Å². The zero-order chi connectivity index (χ0) is 26.6. The number of aryl methyl sites for hydroxylation is 2. The van der Waals surface area contributed by atoms with Crippen LogP contribution in [0.2, 0.25) is 0 Å². The minimum absolute atomic E-state index is 0.0990. The van der Waals surface area contributed by atoms with Gasteiger partial charge in [0.05, 0.1) is 27.4 Å². The summed E-state index contributed by atoms with van der Waals surface area (Å²) in [5.41, 5.74) is 3.10. The molecule has 0 saturated carbocycles. The van der Waals surface area contributed by atoms with Crippen LogP contribution in [0.4, 0.5) is 5.13 Å². The number of aromatic nitrogens is 3. The molecule has 0 spiro atoms. The van der Waals surface area contributed by atoms with E-state index in [1.807, 2.05) is 48.9 Å². The van der Waals surface area contributed by atoms with Crippen LogP contribution in [0.3, 0.4) is 0 Å². The third kappa shape index (κ3) is 5.71. The van der Waals surface area contributed by atoms with Gasteiger partial charge in [-0.15, -0.1) is 13.2 Å². The Morgan fingerprint density at radius 2 is 1.73 bits per heavy atom. The van der Waals surface area contributed by atoms with Crippen LogP contribution in [-0.4, -0.2) is 53.0 Å². The van der Waals surface area contributed by atoms with Gasteiger partial charge in [0, 0.05) is 30.9 Å². The number of hydrogen-bond donors (Lipinski definition) is 0. The third-order valence-corrected chi connectivity index (χ3v) is 8.71. The first-order valence-electron chi connectivity index (χ1n) is 11.7. The van der Waals surface area contributed by atoms with E-state index >= 15 is 0 Å². The monoisotopic (exact) mass is 535 g/mol. The number of para-hydroxylation sites is 1. The number of carbonyl (C=O) groups excluding carboxylic acids is 1. The molecule has 0 aliphatic carbocycles. The van der Waals surface area contributed by atoms with Gasteiger partial charge in [0.15, 0.2) is 5.13 Å². The van der Waals surface area contributed by atoms with Crippen molar-refractivity contribution >= 4 is 42.6 Å². The number of carbonyl (C=O) groups is 1. The summed E-state index contributed by atoms with van der Waals surface area (Å²) in [6, 6.07) is 15.7. The Balaban J connectivity index is 1.65. The Morgan fingerprint density at radius 3 is 2.32 bits per heavy atom. The topological polar surface area (TPSA) is 88.4 Å². The lowest BCUT2D eigenvalue weighted by atomic mass is 10.2.